The Morgan fingerprint density at radius 3 is 2.50 bits per heavy atom. The van der Waals surface area contributed by atoms with Crippen LogP contribution in [0.4, 0.5) is 5.13 Å². The molecule has 1 fully saturated rings. The molecule has 0 saturated carbocycles. The zero-order valence-corrected chi connectivity index (χ0v) is 15.2. The second kappa shape index (κ2) is 6.14. The zero-order chi connectivity index (χ0) is 16.7. The number of nitrogens with zero attached hydrogens (tertiary/aromatic N) is 6. The molecule has 1 saturated heterocycles. The lowest BCUT2D eigenvalue weighted by Crippen LogP contribution is -2.46. The van der Waals surface area contributed by atoms with Crippen LogP contribution in [0.3, 0.4) is 0 Å². The van der Waals surface area contributed by atoms with E-state index in [-0.39, 0.29) is 0 Å². The maximum Gasteiger partial charge on any atom is 0.234 e. The van der Waals surface area contributed by atoms with Crippen LogP contribution in [0.15, 0.2) is 17.6 Å². The molecule has 0 aromatic carbocycles. The number of rotatable bonds is 3. The van der Waals surface area contributed by atoms with E-state index in [1.54, 1.807) is 11.3 Å². The van der Waals surface area contributed by atoms with E-state index in [1.807, 2.05) is 6.92 Å². The molecule has 0 atom stereocenters. The van der Waals surface area contributed by atoms with E-state index in [4.69, 9.17) is 4.98 Å². The van der Waals surface area contributed by atoms with Gasteiger partial charge in [-0.15, -0.1) is 11.3 Å². The van der Waals surface area contributed by atoms with Gasteiger partial charge in [0.1, 0.15) is 0 Å². The molecule has 3 aromatic rings. The summed E-state index contributed by atoms with van der Waals surface area (Å²) in [5.74, 6) is 0.805. The largest absolute Gasteiger partial charge is 0.346 e. The van der Waals surface area contributed by atoms with Gasteiger partial charge < -0.3 is 4.90 Å². The highest BCUT2D eigenvalue weighted by Gasteiger charge is 2.20. The van der Waals surface area contributed by atoms with Gasteiger partial charge in [0.05, 0.1) is 11.4 Å². The highest BCUT2D eigenvalue weighted by atomic mass is 32.1. The van der Waals surface area contributed by atoms with E-state index in [0.29, 0.717) is 0 Å². The first-order valence-corrected chi connectivity index (χ1v) is 9.18. The summed E-state index contributed by atoms with van der Waals surface area (Å²) >= 11 is 1.74. The number of aromatic nitrogens is 4. The topological polar surface area (TPSA) is 49.6 Å². The summed E-state index contributed by atoms with van der Waals surface area (Å²) < 4.78 is 2.08. The molecule has 6 nitrogen and oxygen atoms in total. The molecule has 0 N–H and O–H groups in total. The molecule has 0 bridgehead atoms. The number of hydrogen-bond acceptors (Lipinski definition) is 6. The molecule has 0 aliphatic carbocycles. The van der Waals surface area contributed by atoms with E-state index >= 15 is 0 Å². The lowest BCUT2D eigenvalue weighted by atomic mass is 10.3. The van der Waals surface area contributed by atoms with Gasteiger partial charge in [0.25, 0.3) is 0 Å². The molecule has 24 heavy (non-hydrogen) atoms. The summed E-state index contributed by atoms with van der Waals surface area (Å²) in [5, 5.41) is 3.27. The molecule has 7 heteroatoms. The van der Waals surface area contributed by atoms with Crippen LogP contribution in [-0.2, 0) is 6.54 Å². The SMILES string of the molecule is Cc1csc(N2CCN(Cc3cn4c(C)cc(C)nc4n3)CC2)n1. The highest BCUT2D eigenvalue weighted by Crippen LogP contribution is 2.22. The van der Waals surface area contributed by atoms with Gasteiger partial charge in [-0.1, -0.05) is 0 Å². The summed E-state index contributed by atoms with van der Waals surface area (Å²) in [5.41, 5.74) is 4.40. The quantitative estimate of drug-likeness (QED) is 0.732. The molecule has 0 spiro atoms. The summed E-state index contributed by atoms with van der Waals surface area (Å²) in [4.78, 5) is 18.7. The van der Waals surface area contributed by atoms with E-state index in [0.717, 1.165) is 60.7 Å². The van der Waals surface area contributed by atoms with Crippen LogP contribution in [0.1, 0.15) is 22.8 Å². The molecule has 126 valence electrons. The number of piperazine rings is 1. The maximum absolute atomic E-state index is 4.70. The first kappa shape index (κ1) is 15.5. The van der Waals surface area contributed by atoms with Gasteiger partial charge >= 0.3 is 0 Å². The molecule has 3 aromatic heterocycles. The molecular weight excluding hydrogens is 320 g/mol. The molecule has 1 aliphatic rings. The summed E-state index contributed by atoms with van der Waals surface area (Å²) in [7, 11) is 0. The van der Waals surface area contributed by atoms with Crippen molar-refractivity contribution in [1.82, 2.24) is 24.3 Å². The minimum absolute atomic E-state index is 0.805. The Bertz CT molecular complexity index is 859. The van der Waals surface area contributed by atoms with Gasteiger partial charge in [-0.05, 0) is 26.8 Å². The van der Waals surface area contributed by atoms with Crippen LogP contribution in [0.25, 0.3) is 5.78 Å². The Morgan fingerprint density at radius 2 is 1.79 bits per heavy atom. The van der Waals surface area contributed by atoms with Gasteiger partial charge in [0, 0.05) is 55.7 Å². The summed E-state index contributed by atoms with van der Waals surface area (Å²) in [6, 6.07) is 2.09. The average Bonchev–Trinajstić information content (AvgIpc) is 3.14. The monoisotopic (exact) mass is 342 g/mol. The van der Waals surface area contributed by atoms with E-state index < -0.39 is 0 Å². The van der Waals surface area contributed by atoms with Crippen LogP contribution in [-0.4, -0.2) is 50.4 Å². The Kier molecular flexibility index (Phi) is 3.97. The van der Waals surface area contributed by atoms with Crippen LogP contribution in [0, 0.1) is 20.8 Å². The third-order valence-electron chi connectivity index (χ3n) is 4.45. The van der Waals surface area contributed by atoms with Gasteiger partial charge in [-0.3, -0.25) is 9.30 Å². The molecule has 0 unspecified atom stereocenters. The number of hydrogen-bond donors (Lipinski definition) is 0. The van der Waals surface area contributed by atoms with Gasteiger partial charge in [0.2, 0.25) is 5.78 Å². The zero-order valence-electron chi connectivity index (χ0n) is 14.4. The van der Waals surface area contributed by atoms with Crippen molar-refractivity contribution < 1.29 is 0 Å². The van der Waals surface area contributed by atoms with Gasteiger partial charge in [-0.25, -0.2) is 15.0 Å². The molecular formula is C17H22N6S. The fourth-order valence-electron chi connectivity index (χ4n) is 3.21. The fourth-order valence-corrected chi connectivity index (χ4v) is 4.06. The number of imidazole rings is 1. The van der Waals surface area contributed by atoms with E-state index in [2.05, 4.69) is 55.7 Å². The van der Waals surface area contributed by atoms with Crippen LogP contribution in [0.5, 0.6) is 0 Å². The molecule has 1 aliphatic heterocycles. The Morgan fingerprint density at radius 1 is 1.00 bits per heavy atom. The smallest absolute Gasteiger partial charge is 0.234 e. The molecule has 0 amide bonds. The number of aryl methyl sites for hydroxylation is 3. The van der Waals surface area contributed by atoms with E-state index in [9.17, 15) is 0 Å². The molecule has 4 rings (SSSR count). The van der Waals surface area contributed by atoms with Gasteiger partial charge in [-0.2, -0.15) is 0 Å². The normalized spacial score (nSPS) is 16.2. The molecule has 0 radical (unpaired) electrons. The minimum Gasteiger partial charge on any atom is -0.346 e. The van der Waals surface area contributed by atoms with Crippen LogP contribution < -0.4 is 4.90 Å². The Hall–Kier alpha value is -1.99. The lowest BCUT2D eigenvalue weighted by Gasteiger charge is -2.34. The number of anilines is 1. The predicted octanol–water partition coefficient (Wildman–Crippen LogP) is 2.43. The van der Waals surface area contributed by atoms with Crippen LogP contribution >= 0.6 is 11.3 Å². The standard InChI is InChI=1S/C17H22N6S/c1-12-8-14(3)23-10-15(20-16(23)18-12)9-21-4-6-22(7-5-21)17-19-13(2)11-24-17/h8,10-11H,4-7,9H2,1-3H3. The van der Waals surface area contributed by atoms with E-state index in [1.165, 1.54) is 5.69 Å². The molecule has 4 heterocycles. The third kappa shape index (κ3) is 3.01. The fraction of sp³-hybridized carbons (Fsp3) is 0.471. The number of thiazole rings is 1. The predicted molar refractivity (Wildman–Crippen MR) is 96.8 cm³/mol. The lowest BCUT2D eigenvalue weighted by molar-refractivity contribution is 0.247. The van der Waals surface area contributed by atoms with Crippen LogP contribution in [0.2, 0.25) is 0 Å². The van der Waals surface area contributed by atoms with Crippen molar-refractivity contribution in [2.75, 3.05) is 31.1 Å². The van der Waals surface area contributed by atoms with Crippen molar-refractivity contribution in [3.63, 3.8) is 0 Å². The Balaban J connectivity index is 1.43. The first-order chi connectivity index (χ1) is 11.6. The third-order valence-corrected chi connectivity index (χ3v) is 5.47. The first-order valence-electron chi connectivity index (χ1n) is 8.30. The second-order valence-corrected chi connectivity index (χ2v) is 7.31. The minimum atomic E-state index is 0.805. The Labute approximate surface area is 145 Å². The second-order valence-electron chi connectivity index (χ2n) is 6.48. The van der Waals surface area contributed by atoms with Crippen molar-refractivity contribution in [3.8, 4) is 0 Å². The van der Waals surface area contributed by atoms with Crippen molar-refractivity contribution in [3.05, 3.63) is 40.4 Å². The van der Waals surface area contributed by atoms with Gasteiger partial charge in [0.15, 0.2) is 5.13 Å². The van der Waals surface area contributed by atoms with Crippen molar-refractivity contribution >= 4 is 22.2 Å². The van der Waals surface area contributed by atoms with Crippen molar-refractivity contribution in [2.45, 2.75) is 27.3 Å². The highest BCUT2D eigenvalue weighted by molar-refractivity contribution is 7.13. The summed E-state index contributed by atoms with van der Waals surface area (Å²) in [6.07, 6.45) is 2.12. The number of fused-ring (bicyclic) bond motifs is 1. The summed E-state index contributed by atoms with van der Waals surface area (Å²) in [6.45, 7) is 11.2. The average molecular weight is 342 g/mol. The maximum atomic E-state index is 4.70. The van der Waals surface area contributed by atoms with Crippen molar-refractivity contribution in [2.24, 2.45) is 0 Å². The van der Waals surface area contributed by atoms with Crippen molar-refractivity contribution in [1.29, 1.82) is 0 Å².